The Balaban J connectivity index is 1.63. The van der Waals surface area contributed by atoms with Crippen molar-refractivity contribution in [3.05, 3.63) is 17.5 Å². The summed E-state index contributed by atoms with van der Waals surface area (Å²) in [7, 11) is -3.69. The second kappa shape index (κ2) is 7.20. The van der Waals surface area contributed by atoms with Gasteiger partial charge in [0.05, 0.1) is 6.54 Å². The molecule has 1 N–H and O–H groups in total. The molecule has 1 aromatic heterocycles. The van der Waals surface area contributed by atoms with Crippen LogP contribution in [0.4, 0.5) is 0 Å². The molecular formula is C15H21N3O4S2. The van der Waals surface area contributed by atoms with Crippen molar-refractivity contribution in [3.63, 3.8) is 0 Å². The number of likely N-dealkylation sites (tertiary alicyclic amines) is 2. The maximum atomic E-state index is 12.6. The topological polar surface area (TPSA) is 86.8 Å². The van der Waals surface area contributed by atoms with Crippen LogP contribution >= 0.6 is 11.3 Å². The lowest BCUT2D eigenvalue weighted by Crippen LogP contribution is -2.54. The van der Waals surface area contributed by atoms with Crippen molar-refractivity contribution < 1.29 is 18.0 Å². The standard InChI is InChI=1S/C15H21N3O4S2/c19-13(17-7-1-2-8-17)11-18-9-3-5-12(15(18)20)16-24(21,22)14-6-4-10-23-14/h4,6,10,12,16H,1-3,5,7-9,11H2/t12-/m0/s1. The van der Waals surface area contributed by atoms with E-state index >= 15 is 0 Å². The normalized spacial score (nSPS) is 22.2. The minimum atomic E-state index is -3.69. The minimum absolute atomic E-state index is 0.0378. The monoisotopic (exact) mass is 371 g/mol. The first-order chi connectivity index (χ1) is 11.5. The van der Waals surface area contributed by atoms with Gasteiger partial charge in [-0.3, -0.25) is 9.59 Å². The van der Waals surface area contributed by atoms with Crippen LogP contribution in [-0.4, -0.2) is 62.3 Å². The lowest BCUT2D eigenvalue weighted by atomic mass is 10.1. The van der Waals surface area contributed by atoms with Crippen molar-refractivity contribution in [1.82, 2.24) is 14.5 Å². The van der Waals surface area contributed by atoms with Gasteiger partial charge in [-0.15, -0.1) is 11.3 Å². The van der Waals surface area contributed by atoms with E-state index in [1.54, 1.807) is 16.3 Å². The fraction of sp³-hybridized carbons (Fsp3) is 0.600. The number of amides is 2. The first-order valence-corrected chi connectivity index (χ1v) is 10.5. The van der Waals surface area contributed by atoms with E-state index in [1.807, 2.05) is 0 Å². The second-order valence-electron chi connectivity index (χ2n) is 6.10. The molecule has 3 rings (SSSR count). The maximum absolute atomic E-state index is 12.6. The van der Waals surface area contributed by atoms with Crippen LogP contribution in [0.1, 0.15) is 25.7 Å². The predicted molar refractivity (Wildman–Crippen MR) is 90.1 cm³/mol. The van der Waals surface area contributed by atoms with Crippen LogP contribution in [-0.2, 0) is 19.6 Å². The summed E-state index contributed by atoms with van der Waals surface area (Å²) < 4.78 is 27.3. The zero-order valence-corrected chi connectivity index (χ0v) is 14.9. The predicted octanol–water partition coefficient (Wildman–Crippen LogP) is 0.640. The molecule has 0 unspecified atom stereocenters. The number of rotatable bonds is 5. The van der Waals surface area contributed by atoms with Gasteiger partial charge in [0, 0.05) is 19.6 Å². The maximum Gasteiger partial charge on any atom is 0.250 e. The number of hydrogen-bond donors (Lipinski definition) is 1. The van der Waals surface area contributed by atoms with E-state index in [0.29, 0.717) is 19.4 Å². The highest BCUT2D eigenvalue weighted by atomic mass is 32.2. The largest absolute Gasteiger partial charge is 0.341 e. The second-order valence-corrected chi connectivity index (χ2v) is 8.98. The third kappa shape index (κ3) is 3.79. The lowest BCUT2D eigenvalue weighted by Gasteiger charge is -2.32. The van der Waals surface area contributed by atoms with E-state index in [2.05, 4.69) is 4.72 Å². The lowest BCUT2D eigenvalue weighted by molar-refractivity contribution is -0.142. The number of nitrogens with one attached hydrogen (secondary N) is 1. The Morgan fingerprint density at radius 3 is 2.67 bits per heavy atom. The average molecular weight is 371 g/mol. The van der Waals surface area contributed by atoms with Crippen molar-refractivity contribution in [2.45, 2.75) is 35.9 Å². The van der Waals surface area contributed by atoms with Crippen molar-refractivity contribution in [3.8, 4) is 0 Å². The van der Waals surface area contributed by atoms with Crippen molar-refractivity contribution >= 4 is 33.2 Å². The molecule has 24 heavy (non-hydrogen) atoms. The first-order valence-electron chi connectivity index (χ1n) is 8.10. The van der Waals surface area contributed by atoms with Crippen molar-refractivity contribution in [2.24, 2.45) is 0 Å². The SMILES string of the molecule is O=C(CN1CCC[C@H](NS(=O)(=O)c2cccs2)C1=O)N1CCCC1. The molecule has 2 aliphatic rings. The van der Waals surface area contributed by atoms with E-state index < -0.39 is 16.1 Å². The van der Waals surface area contributed by atoms with Gasteiger partial charge >= 0.3 is 0 Å². The molecule has 7 nitrogen and oxygen atoms in total. The third-order valence-corrected chi connectivity index (χ3v) is 7.24. The van der Waals surface area contributed by atoms with Gasteiger partial charge in [0.15, 0.2) is 0 Å². The highest BCUT2D eigenvalue weighted by Crippen LogP contribution is 2.19. The molecule has 0 aliphatic carbocycles. The third-order valence-electron chi connectivity index (χ3n) is 4.37. The fourth-order valence-electron chi connectivity index (χ4n) is 3.10. The molecule has 0 radical (unpaired) electrons. The van der Waals surface area contributed by atoms with Crippen LogP contribution in [0.5, 0.6) is 0 Å². The molecule has 1 aromatic rings. The molecule has 2 amide bonds. The van der Waals surface area contributed by atoms with Gasteiger partial charge in [0.25, 0.3) is 10.0 Å². The Bertz CT molecular complexity index is 696. The Kier molecular flexibility index (Phi) is 5.21. The van der Waals surface area contributed by atoms with E-state index in [9.17, 15) is 18.0 Å². The van der Waals surface area contributed by atoms with Crippen molar-refractivity contribution in [1.29, 1.82) is 0 Å². The van der Waals surface area contributed by atoms with Gasteiger partial charge in [0.2, 0.25) is 11.8 Å². The van der Waals surface area contributed by atoms with Gasteiger partial charge in [-0.2, -0.15) is 4.72 Å². The summed E-state index contributed by atoms with van der Waals surface area (Å²) in [5, 5.41) is 1.68. The Labute approximate surface area is 145 Å². The number of thiophene rings is 1. The van der Waals surface area contributed by atoms with Gasteiger partial charge in [-0.05, 0) is 37.1 Å². The summed E-state index contributed by atoms with van der Waals surface area (Å²) in [6.07, 6.45) is 3.14. The molecule has 0 aromatic carbocycles. The van der Waals surface area contributed by atoms with Crippen LogP contribution in [0.2, 0.25) is 0 Å². The molecule has 0 spiro atoms. The van der Waals surface area contributed by atoms with Crippen LogP contribution < -0.4 is 4.72 Å². The average Bonchev–Trinajstić information content (AvgIpc) is 3.24. The smallest absolute Gasteiger partial charge is 0.250 e. The number of piperidine rings is 1. The Morgan fingerprint density at radius 2 is 2.00 bits per heavy atom. The fourth-order valence-corrected chi connectivity index (χ4v) is 5.33. The summed E-state index contributed by atoms with van der Waals surface area (Å²) in [6.45, 7) is 2.02. The van der Waals surface area contributed by atoms with E-state index in [0.717, 1.165) is 37.3 Å². The number of sulfonamides is 1. The number of hydrogen-bond acceptors (Lipinski definition) is 5. The molecule has 1 atom stereocenters. The summed E-state index contributed by atoms with van der Waals surface area (Å²) >= 11 is 1.11. The summed E-state index contributed by atoms with van der Waals surface area (Å²) in [4.78, 5) is 28.0. The summed E-state index contributed by atoms with van der Waals surface area (Å²) in [6, 6.07) is 2.37. The highest BCUT2D eigenvalue weighted by molar-refractivity contribution is 7.91. The highest BCUT2D eigenvalue weighted by Gasteiger charge is 2.34. The van der Waals surface area contributed by atoms with Gasteiger partial charge < -0.3 is 9.80 Å². The molecule has 2 fully saturated rings. The van der Waals surface area contributed by atoms with E-state index in [4.69, 9.17) is 0 Å². The van der Waals surface area contributed by atoms with Gasteiger partial charge in [-0.25, -0.2) is 8.42 Å². The minimum Gasteiger partial charge on any atom is -0.341 e. The molecule has 2 saturated heterocycles. The van der Waals surface area contributed by atoms with Crippen LogP contribution in [0.25, 0.3) is 0 Å². The van der Waals surface area contributed by atoms with Crippen LogP contribution in [0.3, 0.4) is 0 Å². The Morgan fingerprint density at radius 1 is 1.25 bits per heavy atom. The summed E-state index contributed by atoms with van der Waals surface area (Å²) in [5.41, 5.74) is 0. The molecule has 3 heterocycles. The first kappa shape index (κ1) is 17.4. The van der Waals surface area contributed by atoms with Gasteiger partial charge in [0.1, 0.15) is 10.3 Å². The van der Waals surface area contributed by atoms with Gasteiger partial charge in [-0.1, -0.05) is 6.07 Å². The molecule has 132 valence electrons. The summed E-state index contributed by atoms with van der Waals surface area (Å²) in [5.74, 6) is -0.364. The molecule has 9 heteroatoms. The quantitative estimate of drug-likeness (QED) is 0.823. The Hall–Kier alpha value is -1.45. The number of carbonyl (C=O) groups excluding carboxylic acids is 2. The molecule has 0 bridgehead atoms. The van der Waals surface area contributed by atoms with Crippen molar-refractivity contribution in [2.75, 3.05) is 26.2 Å². The number of carbonyl (C=O) groups is 2. The van der Waals surface area contributed by atoms with E-state index in [-0.39, 0.29) is 22.6 Å². The zero-order valence-electron chi connectivity index (χ0n) is 13.3. The van der Waals surface area contributed by atoms with Crippen LogP contribution in [0, 0.1) is 0 Å². The van der Waals surface area contributed by atoms with E-state index in [1.165, 1.54) is 11.0 Å². The van der Waals surface area contributed by atoms with Crippen LogP contribution in [0.15, 0.2) is 21.7 Å². The molecule has 0 saturated carbocycles. The molecular weight excluding hydrogens is 350 g/mol. The zero-order chi connectivity index (χ0) is 17.2. The number of nitrogens with zero attached hydrogens (tertiary/aromatic N) is 2. The molecule has 2 aliphatic heterocycles.